The number of nitrogens with one attached hydrogen (secondary N) is 1. The minimum Gasteiger partial charge on any atom is -0.353 e. The third-order valence-electron chi connectivity index (χ3n) is 2.66. The fourth-order valence-electron chi connectivity index (χ4n) is 1.58. The highest BCUT2D eigenvalue weighted by Crippen LogP contribution is 2.21. The van der Waals surface area contributed by atoms with Crippen LogP contribution in [0, 0.1) is 0 Å². The standard InChI is InChI=1S/C11H18N4OS/c1-7(2)10-13-14-11(15(10)3)17-6-9(16)12-8-4-5-8/h7-8H,4-6H2,1-3H3,(H,12,16). The molecule has 1 aromatic heterocycles. The lowest BCUT2D eigenvalue weighted by atomic mass is 10.2. The van der Waals surface area contributed by atoms with Gasteiger partial charge in [0.25, 0.3) is 0 Å². The van der Waals surface area contributed by atoms with Crippen molar-refractivity contribution < 1.29 is 4.79 Å². The Balaban J connectivity index is 1.87. The minimum atomic E-state index is 0.0894. The molecular formula is C11H18N4OS. The predicted molar refractivity (Wildman–Crippen MR) is 67.0 cm³/mol. The average molecular weight is 254 g/mol. The normalized spacial score (nSPS) is 15.3. The molecule has 1 N–H and O–H groups in total. The van der Waals surface area contributed by atoms with Gasteiger partial charge in [-0.15, -0.1) is 10.2 Å². The molecule has 17 heavy (non-hydrogen) atoms. The Morgan fingerprint density at radius 3 is 2.76 bits per heavy atom. The first-order valence-electron chi connectivity index (χ1n) is 5.89. The number of carbonyl (C=O) groups excluding carboxylic acids is 1. The maximum Gasteiger partial charge on any atom is 0.230 e. The predicted octanol–water partition coefficient (Wildman–Crippen LogP) is 1.31. The fourth-order valence-corrected chi connectivity index (χ4v) is 2.31. The highest BCUT2D eigenvalue weighted by atomic mass is 32.2. The Kier molecular flexibility index (Phi) is 3.71. The van der Waals surface area contributed by atoms with Crippen LogP contribution < -0.4 is 5.32 Å². The molecule has 1 aliphatic carbocycles. The smallest absolute Gasteiger partial charge is 0.230 e. The lowest BCUT2D eigenvalue weighted by molar-refractivity contribution is -0.118. The van der Waals surface area contributed by atoms with Gasteiger partial charge in [0.05, 0.1) is 5.75 Å². The zero-order chi connectivity index (χ0) is 12.4. The molecule has 0 unspecified atom stereocenters. The number of rotatable bonds is 5. The fraction of sp³-hybridized carbons (Fsp3) is 0.727. The number of thioether (sulfide) groups is 1. The molecule has 1 amide bonds. The third-order valence-corrected chi connectivity index (χ3v) is 3.68. The summed E-state index contributed by atoms with van der Waals surface area (Å²) >= 11 is 1.44. The zero-order valence-electron chi connectivity index (χ0n) is 10.4. The summed E-state index contributed by atoms with van der Waals surface area (Å²) < 4.78 is 1.96. The summed E-state index contributed by atoms with van der Waals surface area (Å²) in [7, 11) is 1.94. The van der Waals surface area contributed by atoms with E-state index in [4.69, 9.17) is 0 Å². The first kappa shape index (κ1) is 12.4. The van der Waals surface area contributed by atoms with Gasteiger partial charge in [-0.3, -0.25) is 4.79 Å². The number of hydrogen-bond donors (Lipinski definition) is 1. The van der Waals surface area contributed by atoms with E-state index < -0.39 is 0 Å². The third kappa shape index (κ3) is 3.21. The number of hydrogen-bond acceptors (Lipinski definition) is 4. The zero-order valence-corrected chi connectivity index (χ0v) is 11.3. The molecule has 0 bridgehead atoms. The molecule has 1 aromatic rings. The number of amides is 1. The lowest BCUT2D eigenvalue weighted by Gasteiger charge is -2.06. The van der Waals surface area contributed by atoms with Crippen LogP contribution in [-0.4, -0.2) is 32.5 Å². The second-order valence-electron chi connectivity index (χ2n) is 4.68. The molecule has 1 heterocycles. The maximum atomic E-state index is 11.5. The van der Waals surface area contributed by atoms with Crippen LogP contribution in [0.2, 0.25) is 0 Å². The Morgan fingerprint density at radius 1 is 1.53 bits per heavy atom. The van der Waals surface area contributed by atoms with Crippen LogP contribution in [0.25, 0.3) is 0 Å². The summed E-state index contributed by atoms with van der Waals surface area (Å²) in [4.78, 5) is 11.5. The topological polar surface area (TPSA) is 59.8 Å². The van der Waals surface area contributed by atoms with Gasteiger partial charge in [-0.2, -0.15) is 0 Å². The van der Waals surface area contributed by atoms with Crippen molar-refractivity contribution in [3.05, 3.63) is 5.82 Å². The van der Waals surface area contributed by atoms with Gasteiger partial charge in [0, 0.05) is 19.0 Å². The van der Waals surface area contributed by atoms with Crippen LogP contribution in [0.4, 0.5) is 0 Å². The quantitative estimate of drug-likeness (QED) is 0.805. The van der Waals surface area contributed by atoms with E-state index in [2.05, 4.69) is 29.4 Å². The first-order valence-corrected chi connectivity index (χ1v) is 6.88. The van der Waals surface area contributed by atoms with Crippen LogP contribution >= 0.6 is 11.8 Å². The van der Waals surface area contributed by atoms with Gasteiger partial charge in [-0.1, -0.05) is 25.6 Å². The van der Waals surface area contributed by atoms with Crippen LogP contribution in [0.15, 0.2) is 5.16 Å². The van der Waals surface area contributed by atoms with Crippen LogP contribution in [-0.2, 0) is 11.8 Å². The largest absolute Gasteiger partial charge is 0.353 e. The first-order chi connectivity index (χ1) is 8.08. The molecule has 2 rings (SSSR count). The summed E-state index contributed by atoms with van der Waals surface area (Å²) in [5.74, 6) is 1.81. The average Bonchev–Trinajstić information content (AvgIpc) is 2.98. The van der Waals surface area contributed by atoms with Crippen molar-refractivity contribution in [3.8, 4) is 0 Å². The molecule has 1 saturated carbocycles. The minimum absolute atomic E-state index is 0.0894. The van der Waals surface area contributed by atoms with Gasteiger partial charge in [-0.05, 0) is 12.8 Å². The van der Waals surface area contributed by atoms with Crippen molar-refractivity contribution >= 4 is 17.7 Å². The van der Waals surface area contributed by atoms with E-state index in [0.29, 0.717) is 17.7 Å². The number of carbonyl (C=O) groups is 1. The Labute approximate surface area is 105 Å². The van der Waals surface area contributed by atoms with E-state index in [1.807, 2.05) is 11.6 Å². The van der Waals surface area contributed by atoms with Gasteiger partial charge in [0.1, 0.15) is 5.82 Å². The molecule has 1 fully saturated rings. The Hall–Kier alpha value is -1.04. The SMILES string of the molecule is CC(C)c1nnc(SCC(=O)NC2CC2)n1C. The molecule has 0 atom stereocenters. The van der Waals surface area contributed by atoms with Crippen LogP contribution in [0.3, 0.4) is 0 Å². The molecule has 94 valence electrons. The van der Waals surface area contributed by atoms with Gasteiger partial charge >= 0.3 is 0 Å². The molecule has 6 heteroatoms. The molecule has 0 saturated heterocycles. The molecule has 0 aromatic carbocycles. The van der Waals surface area contributed by atoms with E-state index in [-0.39, 0.29) is 5.91 Å². The molecular weight excluding hydrogens is 236 g/mol. The van der Waals surface area contributed by atoms with Gasteiger partial charge in [-0.25, -0.2) is 0 Å². The number of aromatic nitrogens is 3. The van der Waals surface area contributed by atoms with E-state index in [1.165, 1.54) is 11.8 Å². The van der Waals surface area contributed by atoms with E-state index in [9.17, 15) is 4.79 Å². The van der Waals surface area contributed by atoms with E-state index in [1.54, 1.807) is 0 Å². The van der Waals surface area contributed by atoms with Gasteiger partial charge in [0.15, 0.2) is 5.16 Å². The van der Waals surface area contributed by atoms with Crippen LogP contribution in [0.1, 0.15) is 38.4 Å². The Bertz CT molecular complexity index is 412. The monoisotopic (exact) mass is 254 g/mol. The van der Waals surface area contributed by atoms with Crippen molar-refractivity contribution in [2.75, 3.05) is 5.75 Å². The van der Waals surface area contributed by atoms with E-state index in [0.717, 1.165) is 23.8 Å². The summed E-state index contributed by atoms with van der Waals surface area (Å²) in [6, 6.07) is 0.425. The van der Waals surface area contributed by atoms with E-state index >= 15 is 0 Å². The molecule has 0 spiro atoms. The second kappa shape index (κ2) is 5.08. The second-order valence-corrected chi connectivity index (χ2v) is 5.63. The maximum absolute atomic E-state index is 11.5. The van der Waals surface area contributed by atoms with Gasteiger partial charge < -0.3 is 9.88 Å². The lowest BCUT2D eigenvalue weighted by Crippen LogP contribution is -2.27. The van der Waals surface area contributed by atoms with Crippen molar-refractivity contribution in [2.24, 2.45) is 7.05 Å². The number of nitrogens with zero attached hydrogens (tertiary/aromatic N) is 3. The Morgan fingerprint density at radius 2 is 2.24 bits per heavy atom. The highest BCUT2D eigenvalue weighted by Gasteiger charge is 2.23. The van der Waals surface area contributed by atoms with Crippen molar-refractivity contribution in [1.29, 1.82) is 0 Å². The van der Waals surface area contributed by atoms with Crippen molar-refractivity contribution in [3.63, 3.8) is 0 Å². The van der Waals surface area contributed by atoms with Crippen LogP contribution in [0.5, 0.6) is 0 Å². The van der Waals surface area contributed by atoms with Gasteiger partial charge in [0.2, 0.25) is 5.91 Å². The molecule has 0 aliphatic heterocycles. The van der Waals surface area contributed by atoms with Crippen molar-refractivity contribution in [1.82, 2.24) is 20.1 Å². The summed E-state index contributed by atoms with van der Waals surface area (Å²) in [6.07, 6.45) is 2.25. The molecule has 0 radical (unpaired) electrons. The summed E-state index contributed by atoms with van der Waals surface area (Å²) in [5, 5.41) is 12.0. The summed E-state index contributed by atoms with van der Waals surface area (Å²) in [5.41, 5.74) is 0. The van der Waals surface area contributed by atoms with Crippen molar-refractivity contribution in [2.45, 2.75) is 43.8 Å². The molecule has 1 aliphatic rings. The summed E-state index contributed by atoms with van der Waals surface area (Å²) in [6.45, 7) is 4.16. The molecule has 5 nitrogen and oxygen atoms in total. The highest BCUT2D eigenvalue weighted by molar-refractivity contribution is 7.99.